The van der Waals surface area contributed by atoms with Crippen LogP contribution in [0.2, 0.25) is 0 Å². The highest BCUT2D eigenvalue weighted by atomic mass is 19.4. The molecule has 0 spiro atoms. The number of hydrogen-bond acceptors (Lipinski definition) is 2. The second-order valence-electron chi connectivity index (χ2n) is 6.13. The summed E-state index contributed by atoms with van der Waals surface area (Å²) in [5, 5.41) is 19.6. The SMILES string of the molecule is C[C@@H]([C@H](O)c1ccc(C(F)(F)F)cc1)N(C(=O)O)C(C)(C)C. The Hall–Kier alpha value is -1.76. The smallest absolute Gasteiger partial charge is 0.416 e. The summed E-state index contributed by atoms with van der Waals surface area (Å²) >= 11 is 0. The van der Waals surface area contributed by atoms with Gasteiger partial charge in [-0.25, -0.2) is 4.79 Å². The van der Waals surface area contributed by atoms with Gasteiger partial charge in [0.1, 0.15) is 0 Å². The van der Waals surface area contributed by atoms with Crippen LogP contribution in [0.15, 0.2) is 24.3 Å². The predicted molar refractivity (Wildman–Crippen MR) is 75.5 cm³/mol. The Bertz CT molecular complexity index is 520. The van der Waals surface area contributed by atoms with Crippen molar-refractivity contribution in [3.63, 3.8) is 0 Å². The topological polar surface area (TPSA) is 60.8 Å². The number of alkyl halides is 3. The van der Waals surface area contributed by atoms with E-state index in [-0.39, 0.29) is 5.56 Å². The zero-order chi connectivity index (χ0) is 17.3. The van der Waals surface area contributed by atoms with E-state index >= 15 is 0 Å². The second kappa shape index (κ2) is 6.16. The molecule has 0 heterocycles. The maximum Gasteiger partial charge on any atom is 0.416 e. The van der Waals surface area contributed by atoms with Gasteiger partial charge in [-0.1, -0.05) is 12.1 Å². The summed E-state index contributed by atoms with van der Waals surface area (Å²) in [7, 11) is 0. The monoisotopic (exact) mass is 319 g/mol. The van der Waals surface area contributed by atoms with Crippen LogP contribution in [0.4, 0.5) is 18.0 Å². The Morgan fingerprint density at radius 1 is 1.14 bits per heavy atom. The number of halogens is 3. The molecule has 2 atom stereocenters. The number of amides is 1. The van der Waals surface area contributed by atoms with Gasteiger partial charge >= 0.3 is 12.3 Å². The van der Waals surface area contributed by atoms with E-state index < -0.39 is 35.5 Å². The molecule has 0 saturated heterocycles. The Labute approximate surface area is 127 Å². The van der Waals surface area contributed by atoms with Gasteiger partial charge in [0.15, 0.2) is 0 Å². The normalized spacial score (nSPS) is 15.3. The minimum absolute atomic E-state index is 0.232. The van der Waals surface area contributed by atoms with Crippen LogP contribution < -0.4 is 0 Å². The highest BCUT2D eigenvalue weighted by Crippen LogP contribution is 2.31. The number of rotatable bonds is 3. The molecule has 1 aromatic rings. The highest BCUT2D eigenvalue weighted by Gasteiger charge is 2.35. The van der Waals surface area contributed by atoms with E-state index in [0.29, 0.717) is 0 Å². The molecule has 22 heavy (non-hydrogen) atoms. The molecule has 0 unspecified atom stereocenters. The Morgan fingerprint density at radius 3 is 1.91 bits per heavy atom. The number of benzene rings is 1. The van der Waals surface area contributed by atoms with Gasteiger partial charge in [-0.2, -0.15) is 13.2 Å². The summed E-state index contributed by atoms with van der Waals surface area (Å²) < 4.78 is 37.6. The van der Waals surface area contributed by atoms with E-state index in [1.54, 1.807) is 20.8 Å². The molecule has 0 aliphatic rings. The number of hydrogen-bond donors (Lipinski definition) is 2. The average Bonchev–Trinajstić information content (AvgIpc) is 2.34. The lowest BCUT2D eigenvalue weighted by molar-refractivity contribution is -0.137. The molecular formula is C15H20F3NO3. The Balaban J connectivity index is 3.04. The summed E-state index contributed by atoms with van der Waals surface area (Å²) in [5.74, 6) is 0. The number of carboxylic acid groups (broad SMARTS) is 1. The molecule has 7 heteroatoms. The van der Waals surface area contributed by atoms with Crippen molar-refractivity contribution in [2.45, 2.75) is 51.6 Å². The van der Waals surface area contributed by atoms with Crippen molar-refractivity contribution >= 4 is 6.09 Å². The summed E-state index contributed by atoms with van der Waals surface area (Å²) in [5.41, 5.74) is -1.34. The third-order valence-corrected chi connectivity index (χ3v) is 3.37. The molecule has 2 N–H and O–H groups in total. The van der Waals surface area contributed by atoms with Crippen LogP contribution in [0.5, 0.6) is 0 Å². The zero-order valence-corrected chi connectivity index (χ0v) is 12.8. The quantitative estimate of drug-likeness (QED) is 0.888. The van der Waals surface area contributed by atoms with Crippen molar-refractivity contribution in [1.82, 2.24) is 4.90 Å². The molecule has 1 aromatic carbocycles. The molecule has 124 valence electrons. The second-order valence-corrected chi connectivity index (χ2v) is 6.13. The van der Waals surface area contributed by atoms with Crippen molar-refractivity contribution in [3.05, 3.63) is 35.4 Å². The maximum atomic E-state index is 12.5. The first-order valence-corrected chi connectivity index (χ1v) is 6.73. The molecule has 0 aromatic heterocycles. The average molecular weight is 319 g/mol. The van der Waals surface area contributed by atoms with Gasteiger partial charge in [0, 0.05) is 5.54 Å². The lowest BCUT2D eigenvalue weighted by Crippen LogP contribution is -2.52. The summed E-state index contributed by atoms with van der Waals surface area (Å²) in [6.07, 6.45) is -6.88. The van der Waals surface area contributed by atoms with E-state index in [4.69, 9.17) is 0 Å². The van der Waals surface area contributed by atoms with Crippen LogP contribution in [-0.4, -0.2) is 32.8 Å². The van der Waals surface area contributed by atoms with Gasteiger partial charge < -0.3 is 10.2 Å². The van der Waals surface area contributed by atoms with E-state index in [1.807, 2.05) is 0 Å². The number of nitrogens with zero attached hydrogens (tertiary/aromatic N) is 1. The third kappa shape index (κ3) is 4.13. The minimum atomic E-state index is -4.45. The van der Waals surface area contributed by atoms with Gasteiger partial charge in [0.25, 0.3) is 0 Å². The van der Waals surface area contributed by atoms with Crippen LogP contribution >= 0.6 is 0 Å². The number of aliphatic hydroxyl groups excluding tert-OH is 1. The summed E-state index contributed by atoms with van der Waals surface area (Å²) in [6, 6.07) is 3.24. The molecular weight excluding hydrogens is 299 g/mol. The molecule has 0 aliphatic heterocycles. The fraction of sp³-hybridized carbons (Fsp3) is 0.533. The van der Waals surface area contributed by atoms with Gasteiger partial charge in [0.05, 0.1) is 17.7 Å². The molecule has 0 radical (unpaired) electrons. The lowest BCUT2D eigenvalue weighted by atomic mass is 9.96. The van der Waals surface area contributed by atoms with Crippen LogP contribution in [0.25, 0.3) is 0 Å². The summed E-state index contributed by atoms with van der Waals surface area (Å²) in [6.45, 7) is 6.55. The van der Waals surface area contributed by atoms with Crippen molar-refractivity contribution in [2.75, 3.05) is 0 Å². The molecule has 0 bridgehead atoms. The molecule has 0 fully saturated rings. The fourth-order valence-electron chi connectivity index (χ4n) is 2.36. The van der Waals surface area contributed by atoms with Crippen molar-refractivity contribution < 1.29 is 28.2 Å². The van der Waals surface area contributed by atoms with Gasteiger partial charge in [0.2, 0.25) is 0 Å². The van der Waals surface area contributed by atoms with Crippen molar-refractivity contribution in [2.24, 2.45) is 0 Å². The Kier molecular flexibility index (Phi) is 5.12. The van der Waals surface area contributed by atoms with E-state index in [1.165, 1.54) is 6.92 Å². The number of carbonyl (C=O) groups is 1. The number of aliphatic hydroxyl groups is 1. The van der Waals surface area contributed by atoms with E-state index in [9.17, 15) is 28.2 Å². The molecule has 0 aliphatic carbocycles. The van der Waals surface area contributed by atoms with E-state index in [2.05, 4.69) is 0 Å². The van der Waals surface area contributed by atoms with Gasteiger partial charge in [-0.05, 0) is 45.4 Å². The molecule has 0 saturated carbocycles. The van der Waals surface area contributed by atoms with Crippen molar-refractivity contribution in [1.29, 1.82) is 0 Å². The molecule has 1 amide bonds. The summed E-state index contributed by atoms with van der Waals surface area (Å²) in [4.78, 5) is 12.5. The van der Waals surface area contributed by atoms with Gasteiger partial charge in [-0.3, -0.25) is 4.90 Å². The van der Waals surface area contributed by atoms with Gasteiger partial charge in [-0.15, -0.1) is 0 Å². The minimum Gasteiger partial charge on any atom is -0.465 e. The first kappa shape index (κ1) is 18.3. The van der Waals surface area contributed by atoms with Crippen LogP contribution in [0.1, 0.15) is 44.9 Å². The van der Waals surface area contributed by atoms with Crippen molar-refractivity contribution in [3.8, 4) is 0 Å². The van der Waals surface area contributed by atoms with E-state index in [0.717, 1.165) is 29.2 Å². The fourth-order valence-corrected chi connectivity index (χ4v) is 2.36. The lowest BCUT2D eigenvalue weighted by Gasteiger charge is -2.40. The highest BCUT2D eigenvalue weighted by molar-refractivity contribution is 5.66. The maximum absolute atomic E-state index is 12.5. The predicted octanol–water partition coefficient (Wildman–Crippen LogP) is 3.91. The van der Waals surface area contributed by atoms with Crippen LogP contribution in [0, 0.1) is 0 Å². The Morgan fingerprint density at radius 2 is 1.59 bits per heavy atom. The largest absolute Gasteiger partial charge is 0.465 e. The standard InChI is InChI=1S/C15H20F3NO3/c1-9(19(13(21)22)14(2,3)4)12(20)10-5-7-11(8-6-10)15(16,17)18/h5-9,12,20H,1-4H3,(H,21,22)/t9-,12-/m0/s1. The molecule has 1 rings (SSSR count). The first-order chi connectivity index (χ1) is 9.85. The first-order valence-electron chi connectivity index (χ1n) is 6.73. The third-order valence-electron chi connectivity index (χ3n) is 3.37. The molecule has 4 nitrogen and oxygen atoms in total. The zero-order valence-electron chi connectivity index (χ0n) is 12.8. The van der Waals surface area contributed by atoms with Crippen LogP contribution in [-0.2, 0) is 6.18 Å². The van der Waals surface area contributed by atoms with Crippen LogP contribution in [0.3, 0.4) is 0 Å².